The number of para-hydroxylation sites is 3. The highest BCUT2D eigenvalue weighted by atomic mass is 16.5. The highest BCUT2D eigenvalue weighted by Gasteiger charge is 2.00. The number of aryl methyl sites for hydroxylation is 1. The van der Waals surface area contributed by atoms with E-state index in [1.165, 1.54) is 0 Å². The molecule has 4 heteroatoms. The number of benzene rings is 2. The van der Waals surface area contributed by atoms with E-state index in [4.69, 9.17) is 4.74 Å². The lowest BCUT2D eigenvalue weighted by Crippen LogP contribution is -2.12. The van der Waals surface area contributed by atoms with Gasteiger partial charge in [0.25, 0.3) is 0 Å². The van der Waals surface area contributed by atoms with Crippen LogP contribution >= 0.6 is 0 Å². The lowest BCUT2D eigenvalue weighted by Gasteiger charge is -2.10. The smallest absolute Gasteiger partial charge is 0.145 e. The van der Waals surface area contributed by atoms with Crippen molar-refractivity contribution in [2.45, 2.75) is 6.92 Å². The zero-order chi connectivity index (χ0) is 14.5. The van der Waals surface area contributed by atoms with Gasteiger partial charge < -0.3 is 10.1 Å². The van der Waals surface area contributed by atoms with Gasteiger partial charge in [0, 0.05) is 0 Å². The van der Waals surface area contributed by atoms with Gasteiger partial charge in [0.05, 0.1) is 23.8 Å². The van der Waals surface area contributed by atoms with E-state index < -0.39 is 0 Å². The Kier molecular flexibility index (Phi) is 3.96. The average Bonchev–Trinajstić information content (AvgIpc) is 2.53. The van der Waals surface area contributed by atoms with E-state index in [0.717, 1.165) is 28.2 Å². The number of anilines is 1. The molecule has 21 heavy (non-hydrogen) atoms. The summed E-state index contributed by atoms with van der Waals surface area (Å²) >= 11 is 0. The van der Waals surface area contributed by atoms with Crippen molar-refractivity contribution in [2.75, 3.05) is 18.5 Å². The molecule has 0 aliphatic rings. The molecule has 1 N–H and O–H groups in total. The zero-order valence-corrected chi connectivity index (χ0v) is 11.9. The summed E-state index contributed by atoms with van der Waals surface area (Å²) in [7, 11) is 0. The second-order valence-electron chi connectivity index (χ2n) is 4.78. The number of nitrogens with one attached hydrogen (secondary N) is 1. The summed E-state index contributed by atoms with van der Waals surface area (Å²) in [5, 5.41) is 3.23. The molecule has 0 bridgehead atoms. The van der Waals surface area contributed by atoms with Crippen molar-refractivity contribution in [1.29, 1.82) is 0 Å². The second kappa shape index (κ2) is 6.22. The Bertz CT molecular complexity index is 743. The van der Waals surface area contributed by atoms with Crippen molar-refractivity contribution in [3.05, 3.63) is 60.3 Å². The summed E-state index contributed by atoms with van der Waals surface area (Å²) in [6.07, 6.45) is 1.75. The van der Waals surface area contributed by atoms with Crippen molar-refractivity contribution >= 4 is 16.9 Å². The minimum absolute atomic E-state index is 0.583. The first-order valence-electron chi connectivity index (χ1n) is 6.97. The molecule has 0 aliphatic carbocycles. The molecule has 0 amide bonds. The maximum atomic E-state index is 5.74. The van der Waals surface area contributed by atoms with Crippen molar-refractivity contribution in [1.82, 2.24) is 9.97 Å². The molecule has 0 unspecified atom stereocenters. The van der Waals surface area contributed by atoms with E-state index in [0.29, 0.717) is 13.2 Å². The Morgan fingerprint density at radius 1 is 1.00 bits per heavy atom. The maximum Gasteiger partial charge on any atom is 0.145 e. The lowest BCUT2D eigenvalue weighted by atomic mass is 10.2. The molecule has 1 heterocycles. The molecule has 106 valence electrons. The Labute approximate surface area is 123 Å². The van der Waals surface area contributed by atoms with Crippen molar-refractivity contribution in [3.63, 3.8) is 0 Å². The Morgan fingerprint density at radius 2 is 1.76 bits per heavy atom. The van der Waals surface area contributed by atoms with Gasteiger partial charge in [0.1, 0.15) is 18.2 Å². The second-order valence-corrected chi connectivity index (χ2v) is 4.78. The first-order valence-corrected chi connectivity index (χ1v) is 6.97. The molecule has 3 rings (SSSR count). The summed E-state index contributed by atoms with van der Waals surface area (Å²) in [4.78, 5) is 8.87. The number of nitrogens with zero attached hydrogens (tertiary/aromatic N) is 2. The van der Waals surface area contributed by atoms with Crippen LogP contribution in [0.15, 0.2) is 54.7 Å². The minimum atomic E-state index is 0.583. The van der Waals surface area contributed by atoms with Crippen LogP contribution in [0.4, 0.5) is 5.82 Å². The van der Waals surface area contributed by atoms with Crippen LogP contribution in [0.5, 0.6) is 5.75 Å². The van der Waals surface area contributed by atoms with Gasteiger partial charge in [-0.2, -0.15) is 0 Å². The van der Waals surface area contributed by atoms with Crippen LogP contribution in [0.2, 0.25) is 0 Å². The average molecular weight is 279 g/mol. The molecule has 0 fully saturated rings. The zero-order valence-electron chi connectivity index (χ0n) is 11.9. The van der Waals surface area contributed by atoms with Crippen LogP contribution in [0.3, 0.4) is 0 Å². The molecule has 0 atom stereocenters. The molecule has 3 aromatic rings. The number of hydrogen-bond acceptors (Lipinski definition) is 4. The Balaban J connectivity index is 1.56. The molecule has 2 aromatic carbocycles. The third-order valence-electron chi connectivity index (χ3n) is 3.21. The van der Waals surface area contributed by atoms with Gasteiger partial charge in [-0.05, 0) is 30.7 Å². The van der Waals surface area contributed by atoms with Gasteiger partial charge in [-0.1, -0.05) is 30.3 Å². The molecular weight excluding hydrogens is 262 g/mol. The first kappa shape index (κ1) is 13.4. The van der Waals surface area contributed by atoms with E-state index in [1.807, 2.05) is 55.5 Å². The predicted octanol–water partition coefficient (Wildman–Crippen LogP) is 3.43. The number of aromatic nitrogens is 2. The fraction of sp³-hybridized carbons (Fsp3) is 0.176. The van der Waals surface area contributed by atoms with Crippen molar-refractivity contribution in [2.24, 2.45) is 0 Å². The summed E-state index contributed by atoms with van der Waals surface area (Å²) in [6.45, 7) is 3.30. The van der Waals surface area contributed by atoms with Crippen LogP contribution in [0, 0.1) is 6.92 Å². The number of rotatable bonds is 5. The summed E-state index contributed by atoms with van der Waals surface area (Å²) < 4.78 is 5.74. The fourth-order valence-corrected chi connectivity index (χ4v) is 2.10. The SMILES string of the molecule is Cc1ccccc1OCCNc1cnc2ccccc2n1. The highest BCUT2D eigenvalue weighted by Crippen LogP contribution is 2.16. The van der Waals surface area contributed by atoms with Crippen LogP contribution in [0.1, 0.15) is 5.56 Å². The third-order valence-corrected chi connectivity index (χ3v) is 3.21. The standard InChI is InChI=1S/C17H17N3O/c1-13-6-2-5-9-16(13)21-11-10-18-17-12-19-14-7-3-4-8-15(14)20-17/h2-9,12H,10-11H2,1H3,(H,18,20). The number of fused-ring (bicyclic) bond motifs is 1. The molecule has 1 aromatic heterocycles. The van der Waals surface area contributed by atoms with E-state index in [-0.39, 0.29) is 0 Å². The molecule has 4 nitrogen and oxygen atoms in total. The van der Waals surface area contributed by atoms with Crippen LogP contribution in [-0.4, -0.2) is 23.1 Å². The van der Waals surface area contributed by atoms with Crippen molar-refractivity contribution in [3.8, 4) is 5.75 Å². The minimum Gasteiger partial charge on any atom is -0.491 e. The molecule has 0 saturated carbocycles. The first-order chi connectivity index (χ1) is 10.3. The van der Waals surface area contributed by atoms with Crippen molar-refractivity contribution < 1.29 is 4.74 Å². The Hall–Kier alpha value is -2.62. The number of hydrogen-bond donors (Lipinski definition) is 1. The molecular formula is C17H17N3O. The molecule has 0 saturated heterocycles. The van der Waals surface area contributed by atoms with E-state index >= 15 is 0 Å². The lowest BCUT2D eigenvalue weighted by molar-refractivity contribution is 0.330. The van der Waals surface area contributed by atoms with Gasteiger partial charge in [-0.15, -0.1) is 0 Å². The quantitative estimate of drug-likeness (QED) is 0.727. The maximum absolute atomic E-state index is 5.74. The topological polar surface area (TPSA) is 47.0 Å². The highest BCUT2D eigenvalue weighted by molar-refractivity contribution is 5.75. The normalized spacial score (nSPS) is 10.5. The third kappa shape index (κ3) is 3.28. The van der Waals surface area contributed by atoms with Crippen LogP contribution in [-0.2, 0) is 0 Å². The fourth-order valence-electron chi connectivity index (χ4n) is 2.10. The monoisotopic (exact) mass is 279 g/mol. The Morgan fingerprint density at radius 3 is 2.62 bits per heavy atom. The summed E-state index contributed by atoms with van der Waals surface area (Å²) in [5.41, 5.74) is 2.93. The molecule has 0 aliphatic heterocycles. The van der Waals surface area contributed by atoms with Gasteiger partial charge in [0.2, 0.25) is 0 Å². The van der Waals surface area contributed by atoms with Gasteiger partial charge in [0.15, 0.2) is 0 Å². The molecule has 0 radical (unpaired) electrons. The summed E-state index contributed by atoms with van der Waals surface area (Å²) in [5.74, 6) is 1.69. The van der Waals surface area contributed by atoms with Gasteiger partial charge >= 0.3 is 0 Å². The van der Waals surface area contributed by atoms with Crippen LogP contribution < -0.4 is 10.1 Å². The van der Waals surface area contributed by atoms with E-state index in [2.05, 4.69) is 15.3 Å². The van der Waals surface area contributed by atoms with Crippen LogP contribution in [0.25, 0.3) is 11.0 Å². The summed E-state index contributed by atoms with van der Waals surface area (Å²) in [6, 6.07) is 15.8. The predicted molar refractivity (Wildman–Crippen MR) is 84.7 cm³/mol. The molecule has 0 spiro atoms. The van der Waals surface area contributed by atoms with E-state index in [9.17, 15) is 0 Å². The van der Waals surface area contributed by atoms with Gasteiger partial charge in [-0.25, -0.2) is 4.98 Å². The largest absolute Gasteiger partial charge is 0.491 e. The number of ether oxygens (including phenoxy) is 1. The van der Waals surface area contributed by atoms with E-state index in [1.54, 1.807) is 6.20 Å². The van der Waals surface area contributed by atoms with Gasteiger partial charge in [-0.3, -0.25) is 4.98 Å².